The number of halogens is 3. The van der Waals surface area contributed by atoms with E-state index >= 15 is 0 Å². The van der Waals surface area contributed by atoms with Crippen LogP contribution < -0.4 is 0 Å². The van der Waals surface area contributed by atoms with Crippen LogP contribution in [0.2, 0.25) is 0 Å². The molecule has 0 amide bonds. The van der Waals surface area contributed by atoms with Crippen LogP contribution in [-0.4, -0.2) is 51.6 Å². The van der Waals surface area contributed by atoms with E-state index in [0.717, 1.165) is 16.4 Å². The molecule has 2 rings (SSSR count). The number of sulfonamides is 1. The Morgan fingerprint density at radius 1 is 1.33 bits per heavy atom. The zero-order valence-electron chi connectivity index (χ0n) is 14.8. The quantitative estimate of drug-likeness (QED) is 0.352. The van der Waals surface area contributed by atoms with E-state index in [-0.39, 0.29) is 37.7 Å². The average Bonchev–Trinajstić information content (AvgIpc) is 3.41. The van der Waals surface area contributed by atoms with E-state index in [0.29, 0.717) is 12.7 Å². The Kier molecular flexibility index (Phi) is 6.84. The Bertz CT molecular complexity index is 777. The van der Waals surface area contributed by atoms with Crippen LogP contribution in [0.5, 0.6) is 0 Å². The molecular weight excluding hydrogens is 391 g/mol. The molecule has 0 radical (unpaired) electrons. The first-order valence-corrected chi connectivity index (χ1v) is 9.59. The molecule has 0 bridgehead atoms. The lowest BCUT2D eigenvalue weighted by Crippen LogP contribution is -2.30. The minimum atomic E-state index is -4.73. The van der Waals surface area contributed by atoms with E-state index in [1.165, 1.54) is 7.05 Å². The van der Waals surface area contributed by atoms with E-state index in [4.69, 9.17) is 4.74 Å². The third-order valence-corrected chi connectivity index (χ3v) is 5.55. The number of rotatable bonds is 9. The number of carbonyl (C=O) groups is 1. The van der Waals surface area contributed by atoms with Crippen molar-refractivity contribution in [2.75, 3.05) is 26.8 Å². The van der Waals surface area contributed by atoms with Crippen LogP contribution >= 0.6 is 0 Å². The molecule has 0 unspecified atom stereocenters. The molecule has 1 atom stereocenters. The lowest BCUT2D eigenvalue weighted by molar-refractivity contribution is -0.269. The van der Waals surface area contributed by atoms with Crippen LogP contribution in [0.1, 0.15) is 24.5 Å². The average molecular weight is 411 g/mol. The number of carbonyl (C=O) groups excluding carboxylic acids is 1. The highest BCUT2D eigenvalue weighted by Gasteiger charge is 2.35. The molecule has 1 heterocycles. The highest BCUT2D eigenvalue weighted by molar-refractivity contribution is 7.89. The molecule has 11 heteroatoms. The number of alkyl halides is 3. The minimum Gasteiger partial charge on any atom is -0.372 e. The first-order valence-electron chi connectivity index (χ1n) is 8.15. The van der Waals surface area contributed by atoms with E-state index in [9.17, 15) is 26.4 Å². The van der Waals surface area contributed by atoms with Crippen molar-refractivity contribution in [3.8, 4) is 0 Å². The van der Waals surface area contributed by atoms with Crippen LogP contribution in [0.3, 0.4) is 0 Å². The monoisotopic (exact) mass is 411 g/mol. The summed E-state index contributed by atoms with van der Waals surface area (Å²) in [6, 6.07) is 2.53. The summed E-state index contributed by atoms with van der Waals surface area (Å²) >= 11 is 0. The molecule has 0 saturated carbocycles. The van der Waals surface area contributed by atoms with Crippen LogP contribution in [0, 0.1) is 0 Å². The molecule has 7 nitrogen and oxygen atoms in total. The molecule has 1 fully saturated rings. The molecule has 152 valence electrons. The van der Waals surface area contributed by atoms with Crippen molar-refractivity contribution in [2.24, 2.45) is 0 Å². The maximum Gasteiger partial charge on any atom is 0.416 e. The fourth-order valence-corrected chi connectivity index (χ4v) is 3.57. The van der Waals surface area contributed by atoms with E-state index in [2.05, 4.69) is 9.78 Å². The van der Waals surface area contributed by atoms with Gasteiger partial charge in [-0.05, 0) is 37.1 Å². The maximum absolute atomic E-state index is 13.2. The van der Waals surface area contributed by atoms with Crippen molar-refractivity contribution in [3.63, 3.8) is 0 Å². The molecule has 1 aromatic carbocycles. The van der Waals surface area contributed by atoms with Gasteiger partial charge in [-0.3, -0.25) is 4.89 Å². The normalized spacial score (nSPS) is 17.2. The van der Waals surface area contributed by atoms with Crippen molar-refractivity contribution in [1.82, 2.24) is 4.31 Å². The standard InChI is InChI=1S/C16H20F3NO6S/c1-3-25-26-15(21)5-4-11-6-12(16(17,18)19)8-14(7-11)27(22,23)20(2)9-13-10-24-13/h6-8,13H,3-5,9-10H2,1-2H3/t13-/m0/s1. The summed E-state index contributed by atoms with van der Waals surface area (Å²) in [5, 5.41) is 0. The van der Waals surface area contributed by atoms with E-state index < -0.39 is 32.6 Å². The van der Waals surface area contributed by atoms with Gasteiger partial charge >= 0.3 is 12.1 Å². The zero-order chi connectivity index (χ0) is 20.2. The minimum absolute atomic E-state index is 0.0490. The number of epoxide rings is 1. The summed E-state index contributed by atoms with van der Waals surface area (Å²) in [4.78, 5) is 19.8. The number of likely N-dealkylation sites (N-methyl/N-ethyl adjacent to an activating group) is 1. The predicted octanol–water partition coefficient (Wildman–Crippen LogP) is 2.15. The first-order chi connectivity index (χ1) is 12.5. The highest BCUT2D eigenvalue weighted by atomic mass is 32.2. The van der Waals surface area contributed by atoms with Crippen molar-refractivity contribution in [2.45, 2.75) is 36.9 Å². The number of ether oxygens (including phenoxy) is 1. The summed E-state index contributed by atoms with van der Waals surface area (Å²) in [7, 11) is -2.87. The van der Waals surface area contributed by atoms with Gasteiger partial charge in [0.1, 0.15) is 0 Å². The van der Waals surface area contributed by atoms with Gasteiger partial charge in [-0.2, -0.15) is 22.4 Å². The topological polar surface area (TPSA) is 85.4 Å². The number of hydrogen-bond donors (Lipinski definition) is 0. The Balaban J connectivity index is 2.26. The van der Waals surface area contributed by atoms with Crippen LogP contribution in [0.15, 0.2) is 23.1 Å². The summed E-state index contributed by atoms with van der Waals surface area (Å²) in [5.41, 5.74) is -1.05. The van der Waals surface area contributed by atoms with Gasteiger partial charge in [-0.25, -0.2) is 13.2 Å². The number of hydrogen-bond acceptors (Lipinski definition) is 6. The smallest absolute Gasteiger partial charge is 0.372 e. The third kappa shape index (κ3) is 6.16. The molecule has 1 aliphatic heterocycles. The SMILES string of the molecule is CCOOC(=O)CCc1cc(C(F)(F)F)cc(S(=O)(=O)N(C)C[C@H]2CO2)c1. The fraction of sp³-hybridized carbons (Fsp3) is 0.562. The highest BCUT2D eigenvalue weighted by Crippen LogP contribution is 2.33. The Morgan fingerprint density at radius 2 is 2.00 bits per heavy atom. The molecule has 0 N–H and O–H groups in total. The maximum atomic E-state index is 13.2. The molecule has 1 saturated heterocycles. The fourth-order valence-electron chi connectivity index (χ4n) is 2.27. The first kappa shape index (κ1) is 21.6. The zero-order valence-corrected chi connectivity index (χ0v) is 15.6. The second-order valence-corrected chi connectivity index (χ2v) is 8.01. The van der Waals surface area contributed by atoms with Crippen molar-refractivity contribution >= 4 is 16.0 Å². The van der Waals surface area contributed by atoms with Crippen LogP contribution in [-0.2, 0) is 41.9 Å². The lowest BCUT2D eigenvalue weighted by Gasteiger charge is -2.18. The van der Waals surface area contributed by atoms with Crippen molar-refractivity contribution in [3.05, 3.63) is 29.3 Å². The molecular formula is C16H20F3NO6S. The summed E-state index contributed by atoms with van der Waals surface area (Å²) in [5.74, 6) is -0.762. The summed E-state index contributed by atoms with van der Waals surface area (Å²) in [6.07, 6.45) is -5.37. The number of benzene rings is 1. The van der Waals surface area contributed by atoms with Crippen molar-refractivity contribution in [1.29, 1.82) is 0 Å². The predicted molar refractivity (Wildman–Crippen MR) is 87.0 cm³/mol. The van der Waals surface area contributed by atoms with E-state index in [1.54, 1.807) is 6.92 Å². The van der Waals surface area contributed by atoms with Gasteiger partial charge < -0.3 is 4.74 Å². The summed E-state index contributed by atoms with van der Waals surface area (Å²) in [6.45, 7) is 2.19. The van der Waals surface area contributed by atoms with Gasteiger partial charge in [0.15, 0.2) is 0 Å². The third-order valence-electron chi connectivity index (χ3n) is 3.75. The molecule has 0 aliphatic carbocycles. The van der Waals surface area contributed by atoms with Gasteiger partial charge in [-0.1, -0.05) is 0 Å². The number of nitrogens with zero attached hydrogens (tertiary/aromatic N) is 1. The Hall–Kier alpha value is -1.69. The number of aryl methyl sites for hydroxylation is 1. The van der Waals surface area contributed by atoms with Gasteiger partial charge in [0, 0.05) is 13.6 Å². The van der Waals surface area contributed by atoms with Gasteiger partial charge in [0.2, 0.25) is 10.0 Å². The van der Waals surface area contributed by atoms with E-state index in [1.807, 2.05) is 0 Å². The van der Waals surface area contributed by atoms with Gasteiger partial charge in [0.25, 0.3) is 0 Å². The second-order valence-electron chi connectivity index (χ2n) is 5.97. The van der Waals surface area contributed by atoms with Crippen LogP contribution in [0.25, 0.3) is 0 Å². The molecule has 0 aromatic heterocycles. The van der Waals surface area contributed by atoms with Crippen LogP contribution in [0.4, 0.5) is 13.2 Å². The van der Waals surface area contributed by atoms with Gasteiger partial charge in [0.05, 0.1) is 36.2 Å². The molecule has 1 aromatic rings. The Morgan fingerprint density at radius 3 is 2.56 bits per heavy atom. The molecule has 1 aliphatic rings. The van der Waals surface area contributed by atoms with Crippen molar-refractivity contribution < 1.29 is 40.9 Å². The molecule has 0 spiro atoms. The molecule has 27 heavy (non-hydrogen) atoms. The lowest BCUT2D eigenvalue weighted by atomic mass is 10.1. The largest absolute Gasteiger partial charge is 0.416 e. The summed E-state index contributed by atoms with van der Waals surface area (Å²) < 4.78 is 70.7. The van der Waals surface area contributed by atoms with Gasteiger partial charge in [-0.15, -0.1) is 0 Å². The Labute approximate surface area is 155 Å². The second kappa shape index (κ2) is 8.55.